The first-order valence-corrected chi connectivity index (χ1v) is 5.59. The number of aliphatic hydroxyl groups excluding tert-OH is 1. The summed E-state index contributed by atoms with van der Waals surface area (Å²) in [5, 5.41) is 22.4. The second kappa shape index (κ2) is 7.29. The zero-order chi connectivity index (χ0) is 13.4. The predicted octanol–water partition coefficient (Wildman–Crippen LogP) is 1.03. The highest BCUT2D eigenvalue weighted by atomic mass is 16.4. The highest BCUT2D eigenvalue weighted by molar-refractivity contribution is 5.92. The number of anilines is 1. The van der Waals surface area contributed by atoms with Crippen molar-refractivity contribution in [3.8, 4) is 0 Å². The second-order valence-corrected chi connectivity index (χ2v) is 3.72. The molecule has 1 rings (SSSR count). The monoisotopic (exact) mass is 252 g/mol. The van der Waals surface area contributed by atoms with Crippen LogP contribution >= 0.6 is 0 Å². The van der Waals surface area contributed by atoms with Gasteiger partial charge in [-0.25, -0.2) is 9.59 Å². The maximum atomic E-state index is 11.5. The normalized spacial score (nSPS) is 11.6. The molecule has 0 aromatic heterocycles. The van der Waals surface area contributed by atoms with E-state index in [1.807, 2.05) is 6.07 Å². The van der Waals surface area contributed by atoms with Gasteiger partial charge in [-0.15, -0.1) is 0 Å². The van der Waals surface area contributed by atoms with Crippen LogP contribution in [0.2, 0.25) is 0 Å². The van der Waals surface area contributed by atoms with Gasteiger partial charge in [-0.05, 0) is 25.0 Å². The Labute approximate surface area is 105 Å². The fourth-order valence-electron chi connectivity index (χ4n) is 1.40. The van der Waals surface area contributed by atoms with Crippen LogP contribution in [0.4, 0.5) is 10.5 Å². The first-order valence-electron chi connectivity index (χ1n) is 5.59. The van der Waals surface area contributed by atoms with Gasteiger partial charge in [-0.3, -0.25) is 0 Å². The van der Waals surface area contributed by atoms with E-state index in [9.17, 15) is 9.59 Å². The van der Waals surface area contributed by atoms with Gasteiger partial charge in [0.05, 0.1) is 0 Å². The van der Waals surface area contributed by atoms with Crippen LogP contribution in [0.1, 0.15) is 12.8 Å². The molecule has 6 nitrogen and oxygen atoms in total. The Morgan fingerprint density at radius 1 is 1.22 bits per heavy atom. The Hall–Kier alpha value is -2.08. The van der Waals surface area contributed by atoms with E-state index in [4.69, 9.17) is 10.2 Å². The zero-order valence-electron chi connectivity index (χ0n) is 9.80. The number of carbonyl (C=O) groups is 2. The standard InChI is InChI=1S/C12H16N2O4/c15-8-4-7-10(11(16)17)14-12(18)13-9-5-2-1-3-6-9/h1-3,5-6,10,15H,4,7-8H2,(H,16,17)(H2,13,14,18). The fraction of sp³-hybridized carbons (Fsp3) is 0.333. The topological polar surface area (TPSA) is 98.7 Å². The lowest BCUT2D eigenvalue weighted by atomic mass is 10.1. The summed E-state index contributed by atoms with van der Waals surface area (Å²) in [6.07, 6.45) is 0.511. The predicted molar refractivity (Wildman–Crippen MR) is 66.3 cm³/mol. The van der Waals surface area contributed by atoms with Gasteiger partial charge in [0.25, 0.3) is 0 Å². The lowest BCUT2D eigenvalue weighted by Crippen LogP contribution is -2.43. The number of aliphatic hydroxyl groups is 1. The highest BCUT2D eigenvalue weighted by Crippen LogP contribution is 2.05. The van der Waals surface area contributed by atoms with Crippen molar-refractivity contribution in [3.05, 3.63) is 30.3 Å². The van der Waals surface area contributed by atoms with E-state index in [0.29, 0.717) is 12.1 Å². The minimum atomic E-state index is -1.12. The Balaban J connectivity index is 2.48. The number of hydrogen-bond donors (Lipinski definition) is 4. The Morgan fingerprint density at radius 3 is 2.44 bits per heavy atom. The van der Waals surface area contributed by atoms with Crippen molar-refractivity contribution >= 4 is 17.7 Å². The quantitative estimate of drug-likeness (QED) is 0.607. The average Bonchev–Trinajstić information content (AvgIpc) is 2.35. The number of carbonyl (C=O) groups excluding carboxylic acids is 1. The maximum Gasteiger partial charge on any atom is 0.326 e. The molecule has 0 bridgehead atoms. The number of nitrogens with one attached hydrogen (secondary N) is 2. The van der Waals surface area contributed by atoms with Gasteiger partial charge in [-0.1, -0.05) is 18.2 Å². The second-order valence-electron chi connectivity index (χ2n) is 3.72. The molecule has 2 amide bonds. The smallest absolute Gasteiger partial charge is 0.326 e. The Bertz CT molecular complexity index is 394. The first kappa shape index (κ1) is 14.0. The number of benzene rings is 1. The lowest BCUT2D eigenvalue weighted by molar-refractivity contribution is -0.139. The molecule has 0 heterocycles. The molecular weight excluding hydrogens is 236 g/mol. The number of amides is 2. The minimum Gasteiger partial charge on any atom is -0.480 e. The molecule has 6 heteroatoms. The van der Waals surface area contributed by atoms with Gasteiger partial charge < -0.3 is 20.8 Å². The van der Waals surface area contributed by atoms with Crippen LogP contribution in [0, 0.1) is 0 Å². The summed E-state index contributed by atoms with van der Waals surface area (Å²) >= 11 is 0. The third-order valence-corrected chi connectivity index (χ3v) is 2.29. The van der Waals surface area contributed by atoms with Gasteiger partial charge in [0, 0.05) is 12.3 Å². The van der Waals surface area contributed by atoms with E-state index >= 15 is 0 Å². The summed E-state index contributed by atoms with van der Waals surface area (Å²) in [5.41, 5.74) is 0.585. The number of hydrogen-bond acceptors (Lipinski definition) is 3. The number of carboxylic acid groups (broad SMARTS) is 1. The van der Waals surface area contributed by atoms with Crippen molar-refractivity contribution in [2.45, 2.75) is 18.9 Å². The van der Waals surface area contributed by atoms with Crippen molar-refractivity contribution in [1.29, 1.82) is 0 Å². The SMILES string of the molecule is O=C(Nc1ccccc1)NC(CCCO)C(=O)O. The molecule has 0 aliphatic carbocycles. The van der Waals surface area contributed by atoms with Crippen LogP contribution in [0.25, 0.3) is 0 Å². The van der Waals surface area contributed by atoms with E-state index in [2.05, 4.69) is 10.6 Å². The molecule has 0 fully saturated rings. The first-order chi connectivity index (χ1) is 8.63. The summed E-state index contributed by atoms with van der Waals surface area (Å²) in [6.45, 7) is -0.105. The molecule has 98 valence electrons. The number of urea groups is 1. The molecule has 1 unspecified atom stereocenters. The molecule has 18 heavy (non-hydrogen) atoms. The van der Waals surface area contributed by atoms with Crippen LogP contribution in [0.5, 0.6) is 0 Å². The van der Waals surface area contributed by atoms with Gasteiger partial charge in [-0.2, -0.15) is 0 Å². The summed E-state index contributed by atoms with van der Waals surface area (Å²) in [4.78, 5) is 22.4. The molecule has 1 aromatic carbocycles. The summed E-state index contributed by atoms with van der Waals surface area (Å²) in [5.74, 6) is -1.12. The van der Waals surface area contributed by atoms with Crippen molar-refractivity contribution in [2.24, 2.45) is 0 Å². The third kappa shape index (κ3) is 4.84. The average molecular weight is 252 g/mol. The molecular formula is C12H16N2O4. The molecule has 0 radical (unpaired) electrons. The molecule has 1 atom stereocenters. The maximum absolute atomic E-state index is 11.5. The molecule has 0 spiro atoms. The van der Waals surface area contributed by atoms with Gasteiger partial charge in [0.15, 0.2) is 0 Å². The zero-order valence-corrected chi connectivity index (χ0v) is 9.80. The highest BCUT2D eigenvalue weighted by Gasteiger charge is 2.19. The van der Waals surface area contributed by atoms with Crippen molar-refractivity contribution < 1.29 is 19.8 Å². The summed E-state index contributed by atoms with van der Waals surface area (Å²) in [6, 6.07) is 7.15. The number of rotatable bonds is 6. The molecule has 0 aliphatic heterocycles. The van der Waals surface area contributed by atoms with E-state index in [1.165, 1.54) is 0 Å². The van der Waals surface area contributed by atoms with E-state index in [0.717, 1.165) is 0 Å². The van der Waals surface area contributed by atoms with E-state index < -0.39 is 18.0 Å². The molecule has 1 aromatic rings. The minimum absolute atomic E-state index is 0.105. The Morgan fingerprint density at radius 2 is 1.89 bits per heavy atom. The van der Waals surface area contributed by atoms with Gasteiger partial charge >= 0.3 is 12.0 Å². The van der Waals surface area contributed by atoms with Crippen LogP contribution < -0.4 is 10.6 Å². The van der Waals surface area contributed by atoms with E-state index in [1.54, 1.807) is 24.3 Å². The number of para-hydroxylation sites is 1. The van der Waals surface area contributed by atoms with Crippen molar-refractivity contribution in [3.63, 3.8) is 0 Å². The molecule has 0 saturated carbocycles. The third-order valence-electron chi connectivity index (χ3n) is 2.29. The largest absolute Gasteiger partial charge is 0.480 e. The van der Waals surface area contributed by atoms with Crippen LogP contribution in [-0.4, -0.2) is 34.9 Å². The number of carboxylic acids is 1. The fourth-order valence-corrected chi connectivity index (χ4v) is 1.40. The Kier molecular flexibility index (Phi) is 5.66. The van der Waals surface area contributed by atoms with Gasteiger partial charge in [0.2, 0.25) is 0 Å². The molecule has 4 N–H and O–H groups in total. The molecule has 0 aliphatic rings. The van der Waals surface area contributed by atoms with Crippen molar-refractivity contribution in [2.75, 3.05) is 11.9 Å². The van der Waals surface area contributed by atoms with E-state index in [-0.39, 0.29) is 13.0 Å². The van der Waals surface area contributed by atoms with Crippen molar-refractivity contribution in [1.82, 2.24) is 5.32 Å². The van der Waals surface area contributed by atoms with Gasteiger partial charge in [0.1, 0.15) is 6.04 Å². The molecule has 0 saturated heterocycles. The number of aliphatic carboxylic acids is 1. The lowest BCUT2D eigenvalue weighted by Gasteiger charge is -2.14. The summed E-state index contributed by atoms with van der Waals surface area (Å²) < 4.78 is 0. The van der Waals surface area contributed by atoms with Crippen LogP contribution in [0.3, 0.4) is 0 Å². The van der Waals surface area contributed by atoms with Crippen LogP contribution in [0.15, 0.2) is 30.3 Å². The summed E-state index contributed by atoms with van der Waals surface area (Å²) in [7, 11) is 0. The van der Waals surface area contributed by atoms with Crippen LogP contribution in [-0.2, 0) is 4.79 Å².